The summed E-state index contributed by atoms with van der Waals surface area (Å²) >= 11 is 0. The van der Waals surface area contributed by atoms with Crippen molar-refractivity contribution in [2.45, 2.75) is 32.7 Å². The number of aromatic hydroxyl groups is 1. The standard InChI is InChI=1S/C18H23NO2/c1-4-7-14-8-5-6-9-17(14)19-13(2)16-12-15(21-3)10-11-18(16)20/h5-6,8-13,19-20H,4,7H2,1-3H3. The summed E-state index contributed by atoms with van der Waals surface area (Å²) in [6.45, 7) is 4.21. The second-order valence-corrected chi connectivity index (χ2v) is 5.20. The molecule has 1 atom stereocenters. The second-order valence-electron chi connectivity index (χ2n) is 5.20. The van der Waals surface area contributed by atoms with Crippen molar-refractivity contribution in [3.8, 4) is 11.5 Å². The number of rotatable bonds is 6. The van der Waals surface area contributed by atoms with Crippen molar-refractivity contribution in [3.05, 3.63) is 53.6 Å². The van der Waals surface area contributed by atoms with E-state index >= 15 is 0 Å². The molecule has 0 aliphatic heterocycles. The van der Waals surface area contributed by atoms with Gasteiger partial charge in [0.25, 0.3) is 0 Å². The molecule has 2 rings (SSSR count). The van der Waals surface area contributed by atoms with Crippen molar-refractivity contribution in [1.82, 2.24) is 0 Å². The predicted molar refractivity (Wildman–Crippen MR) is 87.1 cm³/mol. The van der Waals surface area contributed by atoms with Gasteiger partial charge in [-0.2, -0.15) is 0 Å². The number of para-hydroxylation sites is 1. The van der Waals surface area contributed by atoms with Gasteiger partial charge in [-0.25, -0.2) is 0 Å². The highest BCUT2D eigenvalue weighted by Crippen LogP contribution is 2.31. The molecule has 0 aromatic heterocycles. The van der Waals surface area contributed by atoms with Crippen LogP contribution in [-0.4, -0.2) is 12.2 Å². The van der Waals surface area contributed by atoms with Gasteiger partial charge in [0.05, 0.1) is 13.2 Å². The average molecular weight is 285 g/mol. The highest BCUT2D eigenvalue weighted by Gasteiger charge is 2.13. The van der Waals surface area contributed by atoms with Gasteiger partial charge in [-0.1, -0.05) is 31.5 Å². The molecular formula is C18H23NO2. The number of anilines is 1. The molecule has 2 N–H and O–H groups in total. The summed E-state index contributed by atoms with van der Waals surface area (Å²) in [5.41, 5.74) is 3.25. The molecule has 112 valence electrons. The number of ether oxygens (including phenoxy) is 1. The fraction of sp³-hybridized carbons (Fsp3) is 0.333. The van der Waals surface area contributed by atoms with Gasteiger partial charge in [-0.3, -0.25) is 0 Å². The lowest BCUT2D eigenvalue weighted by molar-refractivity contribution is 0.410. The molecule has 0 amide bonds. The Morgan fingerprint density at radius 3 is 2.67 bits per heavy atom. The maximum atomic E-state index is 10.1. The lowest BCUT2D eigenvalue weighted by Crippen LogP contribution is -2.09. The molecule has 0 saturated carbocycles. The zero-order valence-corrected chi connectivity index (χ0v) is 12.9. The summed E-state index contributed by atoms with van der Waals surface area (Å²) in [5, 5.41) is 13.5. The van der Waals surface area contributed by atoms with E-state index in [1.807, 2.05) is 19.1 Å². The van der Waals surface area contributed by atoms with E-state index in [1.165, 1.54) is 5.56 Å². The third kappa shape index (κ3) is 3.69. The molecule has 2 aromatic carbocycles. The lowest BCUT2D eigenvalue weighted by Gasteiger charge is -2.20. The summed E-state index contributed by atoms with van der Waals surface area (Å²) in [4.78, 5) is 0. The third-order valence-corrected chi connectivity index (χ3v) is 3.61. The summed E-state index contributed by atoms with van der Waals surface area (Å²) in [6, 6.07) is 13.6. The molecule has 0 heterocycles. The van der Waals surface area contributed by atoms with E-state index < -0.39 is 0 Å². The smallest absolute Gasteiger partial charge is 0.121 e. The topological polar surface area (TPSA) is 41.5 Å². The Bertz CT molecular complexity index is 596. The van der Waals surface area contributed by atoms with Crippen molar-refractivity contribution in [1.29, 1.82) is 0 Å². The zero-order valence-electron chi connectivity index (χ0n) is 12.9. The predicted octanol–water partition coefficient (Wildman–Crippen LogP) is 4.53. The first-order valence-electron chi connectivity index (χ1n) is 7.37. The van der Waals surface area contributed by atoms with Gasteiger partial charge < -0.3 is 15.2 Å². The number of benzene rings is 2. The van der Waals surface area contributed by atoms with E-state index in [4.69, 9.17) is 4.74 Å². The van der Waals surface area contributed by atoms with Crippen LogP contribution in [0.2, 0.25) is 0 Å². The Morgan fingerprint density at radius 1 is 1.19 bits per heavy atom. The molecule has 0 aliphatic rings. The van der Waals surface area contributed by atoms with Gasteiger partial charge in [0, 0.05) is 11.3 Å². The van der Waals surface area contributed by atoms with E-state index in [9.17, 15) is 5.11 Å². The van der Waals surface area contributed by atoms with Crippen LogP contribution in [0.1, 0.15) is 37.4 Å². The Labute approximate surface area is 126 Å². The van der Waals surface area contributed by atoms with E-state index in [-0.39, 0.29) is 11.8 Å². The molecule has 0 aliphatic carbocycles. The summed E-state index contributed by atoms with van der Waals surface area (Å²) < 4.78 is 5.23. The Hall–Kier alpha value is -2.16. The van der Waals surface area contributed by atoms with Gasteiger partial charge in [0.15, 0.2) is 0 Å². The lowest BCUT2D eigenvalue weighted by atomic mass is 10.0. The van der Waals surface area contributed by atoms with Crippen LogP contribution >= 0.6 is 0 Å². The van der Waals surface area contributed by atoms with Crippen LogP contribution in [-0.2, 0) is 6.42 Å². The molecule has 0 saturated heterocycles. The van der Waals surface area contributed by atoms with Gasteiger partial charge in [0.1, 0.15) is 11.5 Å². The number of aryl methyl sites for hydroxylation is 1. The summed E-state index contributed by atoms with van der Waals surface area (Å²) in [7, 11) is 1.63. The van der Waals surface area contributed by atoms with Crippen LogP contribution in [0.5, 0.6) is 11.5 Å². The first-order valence-corrected chi connectivity index (χ1v) is 7.37. The van der Waals surface area contributed by atoms with Crippen LogP contribution in [0.25, 0.3) is 0 Å². The maximum Gasteiger partial charge on any atom is 0.121 e. The first kappa shape index (κ1) is 15.2. The zero-order chi connectivity index (χ0) is 15.2. The average Bonchev–Trinajstić information content (AvgIpc) is 2.50. The van der Waals surface area contributed by atoms with Crippen LogP contribution in [0.3, 0.4) is 0 Å². The SMILES string of the molecule is CCCc1ccccc1NC(C)c1cc(OC)ccc1O. The molecule has 0 fully saturated rings. The monoisotopic (exact) mass is 285 g/mol. The number of hydrogen-bond acceptors (Lipinski definition) is 3. The van der Waals surface area contributed by atoms with Crippen molar-refractivity contribution >= 4 is 5.69 Å². The largest absolute Gasteiger partial charge is 0.508 e. The van der Waals surface area contributed by atoms with Crippen molar-refractivity contribution in [3.63, 3.8) is 0 Å². The van der Waals surface area contributed by atoms with E-state index in [0.29, 0.717) is 0 Å². The highest BCUT2D eigenvalue weighted by molar-refractivity contribution is 5.54. The number of phenols is 1. The van der Waals surface area contributed by atoms with Crippen molar-refractivity contribution in [2.75, 3.05) is 12.4 Å². The van der Waals surface area contributed by atoms with Gasteiger partial charge in [-0.15, -0.1) is 0 Å². The van der Waals surface area contributed by atoms with Crippen molar-refractivity contribution in [2.24, 2.45) is 0 Å². The Kier molecular flexibility index (Phi) is 5.09. The van der Waals surface area contributed by atoms with Gasteiger partial charge >= 0.3 is 0 Å². The molecule has 1 unspecified atom stereocenters. The summed E-state index contributed by atoms with van der Waals surface area (Å²) in [6.07, 6.45) is 2.15. The normalized spacial score (nSPS) is 12.0. The molecule has 0 bridgehead atoms. The minimum Gasteiger partial charge on any atom is -0.508 e. The first-order chi connectivity index (χ1) is 10.2. The number of phenolic OH excluding ortho intramolecular Hbond substituents is 1. The molecule has 3 heteroatoms. The second kappa shape index (κ2) is 7.02. The molecule has 2 aromatic rings. The maximum absolute atomic E-state index is 10.1. The minimum atomic E-state index is -0.00175. The highest BCUT2D eigenvalue weighted by atomic mass is 16.5. The third-order valence-electron chi connectivity index (χ3n) is 3.61. The van der Waals surface area contributed by atoms with Gasteiger partial charge in [0.2, 0.25) is 0 Å². The molecule has 0 spiro atoms. The molecule has 3 nitrogen and oxygen atoms in total. The molecule has 21 heavy (non-hydrogen) atoms. The fourth-order valence-corrected chi connectivity index (χ4v) is 2.47. The van der Waals surface area contributed by atoms with E-state index in [0.717, 1.165) is 29.8 Å². The Balaban J connectivity index is 2.23. The Morgan fingerprint density at radius 2 is 1.95 bits per heavy atom. The van der Waals surface area contributed by atoms with E-state index in [1.54, 1.807) is 19.2 Å². The number of methoxy groups -OCH3 is 1. The minimum absolute atomic E-state index is 0.00175. The summed E-state index contributed by atoms with van der Waals surface area (Å²) in [5.74, 6) is 1.03. The fourth-order valence-electron chi connectivity index (χ4n) is 2.47. The van der Waals surface area contributed by atoms with Crippen LogP contribution < -0.4 is 10.1 Å². The number of nitrogens with one attached hydrogen (secondary N) is 1. The van der Waals surface area contributed by atoms with Crippen LogP contribution in [0.4, 0.5) is 5.69 Å². The van der Waals surface area contributed by atoms with Crippen LogP contribution in [0, 0.1) is 0 Å². The quantitative estimate of drug-likeness (QED) is 0.819. The number of hydrogen-bond donors (Lipinski definition) is 2. The van der Waals surface area contributed by atoms with Crippen molar-refractivity contribution < 1.29 is 9.84 Å². The molecular weight excluding hydrogens is 262 g/mol. The molecule has 0 radical (unpaired) electrons. The van der Waals surface area contributed by atoms with E-state index in [2.05, 4.69) is 30.4 Å². The van der Waals surface area contributed by atoms with Crippen LogP contribution in [0.15, 0.2) is 42.5 Å². The van der Waals surface area contributed by atoms with Gasteiger partial charge in [-0.05, 0) is 43.2 Å².